The van der Waals surface area contributed by atoms with Gasteiger partial charge in [0.25, 0.3) is 10.0 Å². The second kappa shape index (κ2) is 3.70. The number of hydrogen-bond donors (Lipinski definition) is 1. The molecule has 0 unspecified atom stereocenters. The van der Waals surface area contributed by atoms with Gasteiger partial charge in [0.1, 0.15) is 0 Å². The minimum atomic E-state index is -3.67. The average Bonchev–Trinajstić information content (AvgIpc) is 2.71. The largest absolute Gasteiger partial charge is 0.452 e. The zero-order chi connectivity index (χ0) is 10.0. The van der Waals surface area contributed by atoms with Gasteiger partial charge in [-0.25, -0.2) is 8.42 Å². The minimum Gasteiger partial charge on any atom is -0.452 e. The molecule has 0 aliphatic carbocycles. The van der Waals surface area contributed by atoms with E-state index in [1.807, 2.05) is 0 Å². The summed E-state index contributed by atoms with van der Waals surface area (Å²) in [6.07, 6.45) is 0.371. The highest BCUT2D eigenvalue weighted by atomic mass is 32.2. The maximum absolute atomic E-state index is 11.5. The molecular weight excluding hydrogens is 210 g/mol. The van der Waals surface area contributed by atoms with Crippen LogP contribution < -0.4 is 4.72 Å². The first-order valence-corrected chi connectivity index (χ1v) is 5.46. The third kappa shape index (κ3) is 1.95. The Morgan fingerprint density at radius 1 is 1.36 bits per heavy atom. The lowest BCUT2D eigenvalue weighted by atomic mass is 10.7. The van der Waals surface area contributed by atoms with Crippen LogP contribution in [0.15, 0.2) is 27.9 Å². The van der Waals surface area contributed by atoms with Crippen LogP contribution in [0.5, 0.6) is 0 Å². The number of nitrogens with one attached hydrogen (secondary N) is 1. The van der Waals surface area contributed by atoms with Crippen LogP contribution in [0, 0.1) is 0 Å². The van der Waals surface area contributed by atoms with E-state index in [0.717, 1.165) is 0 Å². The van der Waals surface area contributed by atoms with Gasteiger partial charge in [-0.15, -0.1) is 0 Å². The van der Waals surface area contributed by atoms with E-state index >= 15 is 0 Å². The van der Waals surface area contributed by atoms with Crippen LogP contribution in [0.25, 0.3) is 0 Å². The van der Waals surface area contributed by atoms with Gasteiger partial charge in [-0.3, -0.25) is 0 Å². The number of hydrogen-bond acceptors (Lipinski definition) is 5. The Hall–Kier alpha value is -0.890. The fourth-order valence-electron chi connectivity index (χ4n) is 1.03. The normalized spacial score (nSPS) is 18.9. The summed E-state index contributed by atoms with van der Waals surface area (Å²) >= 11 is 0. The zero-order valence-electron chi connectivity index (χ0n) is 7.17. The first-order valence-electron chi connectivity index (χ1n) is 3.97. The highest BCUT2D eigenvalue weighted by Gasteiger charge is 2.25. The SMILES string of the molecule is O=S(=O)(NC1OCCO1)c1ccco1. The molecule has 7 heteroatoms. The van der Waals surface area contributed by atoms with E-state index in [0.29, 0.717) is 13.2 Å². The third-order valence-corrected chi connectivity index (χ3v) is 2.90. The summed E-state index contributed by atoms with van der Waals surface area (Å²) in [6, 6.07) is 2.84. The molecule has 2 heterocycles. The van der Waals surface area contributed by atoms with Crippen molar-refractivity contribution in [1.82, 2.24) is 4.72 Å². The van der Waals surface area contributed by atoms with Crippen LogP contribution in [0.3, 0.4) is 0 Å². The van der Waals surface area contributed by atoms with Crippen molar-refractivity contribution >= 4 is 10.0 Å². The molecule has 14 heavy (non-hydrogen) atoms. The van der Waals surface area contributed by atoms with Gasteiger partial charge in [0.05, 0.1) is 19.5 Å². The maximum Gasteiger partial charge on any atom is 0.277 e. The molecule has 78 valence electrons. The summed E-state index contributed by atoms with van der Waals surface area (Å²) in [5.74, 6) is 0. The van der Waals surface area contributed by atoms with Gasteiger partial charge in [0.2, 0.25) is 11.5 Å². The lowest BCUT2D eigenvalue weighted by molar-refractivity contribution is -0.0492. The molecule has 0 amide bonds. The fraction of sp³-hybridized carbons (Fsp3) is 0.429. The first-order chi connectivity index (χ1) is 6.68. The Bertz CT molecular complexity index is 378. The van der Waals surface area contributed by atoms with Crippen molar-refractivity contribution in [1.29, 1.82) is 0 Å². The van der Waals surface area contributed by atoms with Crippen molar-refractivity contribution in [3.63, 3.8) is 0 Å². The zero-order valence-corrected chi connectivity index (χ0v) is 7.99. The third-order valence-electron chi connectivity index (χ3n) is 1.63. The molecule has 6 nitrogen and oxygen atoms in total. The second-order valence-corrected chi connectivity index (χ2v) is 4.27. The molecule has 1 N–H and O–H groups in total. The van der Waals surface area contributed by atoms with Gasteiger partial charge in [0, 0.05) is 0 Å². The molecule has 2 rings (SSSR count). The Balaban J connectivity index is 2.09. The van der Waals surface area contributed by atoms with Crippen LogP contribution in [0.4, 0.5) is 0 Å². The van der Waals surface area contributed by atoms with E-state index in [2.05, 4.69) is 4.72 Å². The van der Waals surface area contributed by atoms with Gasteiger partial charge in [-0.05, 0) is 12.1 Å². The summed E-state index contributed by atoms with van der Waals surface area (Å²) in [4.78, 5) is 0. The summed E-state index contributed by atoms with van der Waals surface area (Å²) < 4.78 is 39.8. The highest BCUT2D eigenvalue weighted by Crippen LogP contribution is 2.11. The Labute approximate surface area is 80.9 Å². The Morgan fingerprint density at radius 2 is 2.07 bits per heavy atom. The maximum atomic E-state index is 11.5. The van der Waals surface area contributed by atoms with Crippen LogP contribution >= 0.6 is 0 Å². The summed E-state index contributed by atoms with van der Waals surface area (Å²) in [5, 5.41) is -0.156. The molecular formula is C7H9NO5S. The van der Waals surface area contributed by atoms with Crippen LogP contribution in [-0.4, -0.2) is 28.0 Å². The van der Waals surface area contributed by atoms with Gasteiger partial charge < -0.3 is 13.9 Å². The molecule has 0 radical (unpaired) electrons. The summed E-state index contributed by atoms with van der Waals surface area (Å²) in [6.45, 7) is 0.761. The molecule has 1 saturated heterocycles. The Kier molecular flexibility index (Phi) is 2.55. The number of sulfonamides is 1. The van der Waals surface area contributed by atoms with Gasteiger partial charge in [-0.1, -0.05) is 0 Å². The van der Waals surface area contributed by atoms with Crippen LogP contribution in [-0.2, 0) is 19.5 Å². The van der Waals surface area contributed by atoms with Gasteiger partial charge in [0.15, 0.2) is 0 Å². The molecule has 0 saturated carbocycles. The van der Waals surface area contributed by atoms with Crippen molar-refractivity contribution in [2.75, 3.05) is 13.2 Å². The van der Waals surface area contributed by atoms with E-state index in [1.54, 1.807) is 0 Å². The lowest BCUT2D eigenvalue weighted by Gasteiger charge is -2.09. The fourth-order valence-corrected chi connectivity index (χ4v) is 1.97. The summed E-state index contributed by atoms with van der Waals surface area (Å²) in [7, 11) is -3.67. The topological polar surface area (TPSA) is 77.8 Å². The monoisotopic (exact) mass is 219 g/mol. The lowest BCUT2D eigenvalue weighted by Crippen LogP contribution is -2.35. The molecule has 1 fully saturated rings. The molecule has 0 spiro atoms. The van der Waals surface area contributed by atoms with Crippen molar-refractivity contribution in [3.8, 4) is 0 Å². The number of furan rings is 1. The van der Waals surface area contributed by atoms with Crippen molar-refractivity contribution in [2.45, 2.75) is 11.5 Å². The molecule has 0 aromatic carbocycles. The molecule has 0 bridgehead atoms. The number of ether oxygens (including phenoxy) is 2. The van der Waals surface area contributed by atoms with Crippen molar-refractivity contribution < 1.29 is 22.3 Å². The van der Waals surface area contributed by atoms with Gasteiger partial charge >= 0.3 is 0 Å². The molecule has 1 aromatic heterocycles. The first kappa shape index (κ1) is 9.66. The van der Waals surface area contributed by atoms with Gasteiger partial charge in [-0.2, -0.15) is 4.72 Å². The molecule has 1 aliphatic heterocycles. The summed E-state index contributed by atoms with van der Waals surface area (Å²) in [5.41, 5.74) is 0. The second-order valence-electron chi connectivity index (χ2n) is 2.63. The van der Waals surface area contributed by atoms with E-state index in [-0.39, 0.29) is 5.09 Å². The van der Waals surface area contributed by atoms with E-state index in [1.165, 1.54) is 18.4 Å². The minimum absolute atomic E-state index is 0.156. The number of rotatable bonds is 3. The average molecular weight is 219 g/mol. The smallest absolute Gasteiger partial charge is 0.277 e. The highest BCUT2D eigenvalue weighted by molar-refractivity contribution is 7.89. The molecule has 0 atom stereocenters. The van der Waals surface area contributed by atoms with Crippen molar-refractivity contribution in [3.05, 3.63) is 18.4 Å². The standard InChI is InChI=1S/C7H9NO5S/c9-14(10,6-2-1-3-11-6)8-7-12-4-5-13-7/h1-3,7-8H,4-5H2. The van der Waals surface area contributed by atoms with Crippen LogP contribution in [0.2, 0.25) is 0 Å². The van der Waals surface area contributed by atoms with Crippen LogP contribution in [0.1, 0.15) is 0 Å². The predicted octanol–water partition coefficient (Wildman–Crippen LogP) is -0.112. The van der Waals surface area contributed by atoms with E-state index in [4.69, 9.17) is 13.9 Å². The molecule has 1 aliphatic rings. The Morgan fingerprint density at radius 3 is 2.64 bits per heavy atom. The van der Waals surface area contributed by atoms with E-state index in [9.17, 15) is 8.42 Å². The quantitative estimate of drug-likeness (QED) is 0.767. The van der Waals surface area contributed by atoms with Crippen molar-refractivity contribution in [2.24, 2.45) is 0 Å². The molecule has 1 aromatic rings. The van der Waals surface area contributed by atoms with E-state index < -0.39 is 16.4 Å². The predicted molar refractivity (Wildman–Crippen MR) is 44.7 cm³/mol.